The molecule has 0 saturated heterocycles. The molecule has 1 atom stereocenters. The van der Waals surface area contributed by atoms with Crippen LogP contribution in [0, 0.1) is 0 Å². The normalized spacial score (nSPS) is 16.2. The smallest absolute Gasteiger partial charge is 0.312 e. The number of ketones is 1. The highest BCUT2D eigenvalue weighted by atomic mass is 32.2. The lowest BCUT2D eigenvalue weighted by Gasteiger charge is -2.08. The molecule has 1 unspecified atom stereocenters. The number of carboxylic acid groups (broad SMARTS) is 1. The molecule has 1 aliphatic heterocycles. The van der Waals surface area contributed by atoms with Crippen LogP contribution < -0.4 is 4.74 Å². The largest absolute Gasteiger partial charge is 0.497 e. The number of fused-ring (bicyclic) bond motifs is 1. The topological polar surface area (TPSA) is 68.5 Å². The fourth-order valence-corrected chi connectivity index (χ4v) is 3.63. The molecule has 0 bridgehead atoms. The molecular formula is C17H17NO4S. The number of ether oxygens (including phenoxy) is 1. The first-order valence-corrected chi connectivity index (χ1v) is 8.48. The molecule has 2 heterocycles. The molecule has 6 heteroatoms. The fourth-order valence-electron chi connectivity index (χ4n) is 3.00. The molecule has 1 aromatic carbocycles. The van der Waals surface area contributed by atoms with Gasteiger partial charge < -0.3 is 14.4 Å². The summed E-state index contributed by atoms with van der Waals surface area (Å²) in [7, 11) is 1.58. The number of carboxylic acids is 1. The first-order chi connectivity index (χ1) is 11.1. The predicted molar refractivity (Wildman–Crippen MR) is 87.6 cm³/mol. The van der Waals surface area contributed by atoms with Gasteiger partial charge in [-0.2, -0.15) is 0 Å². The molecule has 120 valence electrons. The van der Waals surface area contributed by atoms with Gasteiger partial charge in [0, 0.05) is 22.7 Å². The third-order valence-corrected chi connectivity index (χ3v) is 4.93. The van der Waals surface area contributed by atoms with E-state index >= 15 is 0 Å². The Kier molecular flexibility index (Phi) is 4.17. The number of hydrogen-bond acceptors (Lipinski definition) is 4. The zero-order valence-corrected chi connectivity index (χ0v) is 13.7. The number of carbonyl (C=O) groups is 2. The molecule has 0 spiro atoms. The van der Waals surface area contributed by atoms with Crippen molar-refractivity contribution in [3.05, 3.63) is 47.3 Å². The van der Waals surface area contributed by atoms with E-state index in [1.807, 2.05) is 16.9 Å². The molecule has 23 heavy (non-hydrogen) atoms. The number of methoxy groups -OCH3 is 1. The Morgan fingerprint density at radius 3 is 2.57 bits per heavy atom. The van der Waals surface area contributed by atoms with Gasteiger partial charge in [0.25, 0.3) is 0 Å². The van der Waals surface area contributed by atoms with Crippen LogP contribution in [0.3, 0.4) is 0 Å². The second-order valence-electron chi connectivity index (χ2n) is 5.37. The van der Waals surface area contributed by atoms with Crippen molar-refractivity contribution < 1.29 is 19.4 Å². The van der Waals surface area contributed by atoms with Crippen molar-refractivity contribution in [1.82, 2.24) is 4.57 Å². The maximum absolute atomic E-state index is 12.9. The number of rotatable bonds is 5. The van der Waals surface area contributed by atoms with Crippen LogP contribution in [0.5, 0.6) is 5.75 Å². The van der Waals surface area contributed by atoms with Gasteiger partial charge in [-0.05, 0) is 43.0 Å². The lowest BCUT2D eigenvalue weighted by atomic mass is 10.1. The minimum Gasteiger partial charge on any atom is -0.497 e. The third-order valence-electron chi connectivity index (χ3n) is 4.18. The van der Waals surface area contributed by atoms with Crippen LogP contribution in [0.4, 0.5) is 0 Å². The van der Waals surface area contributed by atoms with E-state index in [-0.39, 0.29) is 5.78 Å². The summed E-state index contributed by atoms with van der Waals surface area (Å²) in [5.74, 6) is -0.761. The Morgan fingerprint density at radius 1 is 1.30 bits per heavy atom. The average molecular weight is 331 g/mol. The van der Waals surface area contributed by atoms with Crippen molar-refractivity contribution in [2.45, 2.75) is 23.8 Å². The molecule has 0 saturated carbocycles. The molecule has 0 amide bonds. The monoisotopic (exact) mass is 331 g/mol. The van der Waals surface area contributed by atoms with Gasteiger partial charge in [0.15, 0.2) is 0 Å². The average Bonchev–Trinajstić information content (AvgIpc) is 3.12. The first-order valence-electron chi connectivity index (χ1n) is 7.25. The van der Waals surface area contributed by atoms with Crippen molar-refractivity contribution in [2.24, 2.45) is 0 Å². The Balaban J connectivity index is 2.03. The summed E-state index contributed by atoms with van der Waals surface area (Å²) in [6.45, 7) is 0.560. The Hall–Kier alpha value is -2.21. The van der Waals surface area contributed by atoms with Crippen LogP contribution in [0.2, 0.25) is 0 Å². The van der Waals surface area contributed by atoms with E-state index in [0.29, 0.717) is 30.0 Å². The highest BCUT2D eigenvalue weighted by Crippen LogP contribution is 2.37. The lowest BCUT2D eigenvalue weighted by Crippen LogP contribution is -2.10. The van der Waals surface area contributed by atoms with Gasteiger partial charge in [-0.15, -0.1) is 11.8 Å². The Labute approximate surface area is 138 Å². The van der Waals surface area contributed by atoms with Crippen molar-refractivity contribution >= 4 is 23.5 Å². The first kappa shape index (κ1) is 15.7. The quantitative estimate of drug-likeness (QED) is 0.674. The molecule has 0 fully saturated rings. The van der Waals surface area contributed by atoms with Crippen molar-refractivity contribution in [3.63, 3.8) is 0 Å². The van der Waals surface area contributed by atoms with E-state index in [4.69, 9.17) is 4.74 Å². The standard InChI is InChI=1S/C17H17NO4S/c1-22-11-5-3-10(4-6-11)16(19)15-14(23-2)9-13-12(17(20)21)7-8-18(13)15/h3-6,9,12H,7-8H2,1-2H3,(H,20,21). The van der Waals surface area contributed by atoms with E-state index in [0.717, 1.165) is 10.6 Å². The molecule has 0 radical (unpaired) electrons. The van der Waals surface area contributed by atoms with Crippen molar-refractivity contribution in [3.8, 4) is 5.75 Å². The highest BCUT2D eigenvalue weighted by molar-refractivity contribution is 7.98. The van der Waals surface area contributed by atoms with Gasteiger partial charge in [-0.3, -0.25) is 9.59 Å². The maximum atomic E-state index is 12.9. The van der Waals surface area contributed by atoms with Gasteiger partial charge in [-0.1, -0.05) is 0 Å². The van der Waals surface area contributed by atoms with Crippen LogP contribution >= 0.6 is 11.8 Å². The maximum Gasteiger partial charge on any atom is 0.312 e. The van der Waals surface area contributed by atoms with Crippen LogP contribution in [0.1, 0.15) is 34.1 Å². The fraction of sp³-hybridized carbons (Fsp3) is 0.294. The summed E-state index contributed by atoms with van der Waals surface area (Å²) in [5, 5.41) is 9.33. The molecule has 2 aromatic rings. The molecule has 5 nitrogen and oxygen atoms in total. The Morgan fingerprint density at radius 2 is 2.00 bits per heavy atom. The van der Waals surface area contributed by atoms with Crippen molar-refractivity contribution in [2.75, 3.05) is 13.4 Å². The summed E-state index contributed by atoms with van der Waals surface area (Å²) in [6, 6.07) is 8.80. The van der Waals surface area contributed by atoms with Crippen LogP contribution in [-0.2, 0) is 11.3 Å². The number of thioether (sulfide) groups is 1. The molecule has 1 aromatic heterocycles. The minimum atomic E-state index is -0.836. The molecule has 0 aliphatic carbocycles. The summed E-state index contributed by atoms with van der Waals surface area (Å²) in [5.41, 5.74) is 1.88. The van der Waals surface area contributed by atoms with E-state index in [2.05, 4.69) is 0 Å². The third kappa shape index (κ3) is 2.63. The van der Waals surface area contributed by atoms with E-state index in [1.54, 1.807) is 31.4 Å². The summed E-state index contributed by atoms with van der Waals surface area (Å²) >= 11 is 1.46. The zero-order chi connectivity index (χ0) is 16.6. The number of aliphatic carboxylic acids is 1. The summed E-state index contributed by atoms with van der Waals surface area (Å²) < 4.78 is 6.97. The molecule has 3 rings (SSSR count). The summed E-state index contributed by atoms with van der Waals surface area (Å²) in [6.07, 6.45) is 2.42. The number of benzene rings is 1. The minimum absolute atomic E-state index is 0.0886. The van der Waals surface area contributed by atoms with Gasteiger partial charge >= 0.3 is 5.97 Å². The number of nitrogens with zero attached hydrogens (tertiary/aromatic N) is 1. The molecular weight excluding hydrogens is 314 g/mol. The van der Waals surface area contributed by atoms with Crippen LogP contribution in [-0.4, -0.2) is 34.8 Å². The number of aromatic nitrogens is 1. The Bertz CT molecular complexity index is 764. The second-order valence-corrected chi connectivity index (χ2v) is 6.22. The molecule has 1 N–H and O–H groups in total. The van der Waals surface area contributed by atoms with Gasteiger partial charge in [0.05, 0.1) is 13.0 Å². The van der Waals surface area contributed by atoms with E-state index in [9.17, 15) is 14.7 Å². The highest BCUT2D eigenvalue weighted by Gasteiger charge is 2.34. The number of hydrogen-bond donors (Lipinski definition) is 1. The lowest BCUT2D eigenvalue weighted by molar-refractivity contribution is -0.138. The van der Waals surface area contributed by atoms with Gasteiger partial charge in [-0.25, -0.2) is 0 Å². The van der Waals surface area contributed by atoms with Crippen LogP contribution in [0.25, 0.3) is 0 Å². The van der Waals surface area contributed by atoms with E-state index < -0.39 is 11.9 Å². The SMILES string of the molecule is COc1ccc(C(=O)c2c(SC)cc3n2CCC3C(=O)O)cc1. The van der Waals surface area contributed by atoms with Crippen molar-refractivity contribution in [1.29, 1.82) is 0 Å². The molecule has 1 aliphatic rings. The van der Waals surface area contributed by atoms with Gasteiger partial charge in [0.1, 0.15) is 11.4 Å². The summed E-state index contributed by atoms with van der Waals surface area (Å²) in [4.78, 5) is 25.1. The second kappa shape index (κ2) is 6.12. The zero-order valence-electron chi connectivity index (χ0n) is 12.9. The van der Waals surface area contributed by atoms with E-state index in [1.165, 1.54) is 11.8 Å². The number of carbonyl (C=O) groups excluding carboxylic acids is 1. The predicted octanol–water partition coefficient (Wildman–Crippen LogP) is 3.02. The van der Waals surface area contributed by atoms with Crippen LogP contribution in [0.15, 0.2) is 35.2 Å². The van der Waals surface area contributed by atoms with Gasteiger partial charge in [0.2, 0.25) is 5.78 Å².